The van der Waals surface area contributed by atoms with Gasteiger partial charge in [-0.15, -0.1) is 0 Å². The number of hydrogen-bond acceptors (Lipinski definition) is 4. The summed E-state index contributed by atoms with van der Waals surface area (Å²) in [6.07, 6.45) is 1.49. The fraction of sp³-hybridized carbons (Fsp3) is 0.125. The minimum Gasteiger partial charge on any atom is -0.393 e. The molecule has 0 bridgehead atoms. The third kappa shape index (κ3) is 1.00. The fourth-order valence-electron chi connectivity index (χ4n) is 1.51. The number of hydrogen-bond donors (Lipinski definition) is 2. The van der Waals surface area contributed by atoms with Crippen molar-refractivity contribution >= 4 is 22.4 Å². The van der Waals surface area contributed by atoms with Gasteiger partial charge in [-0.25, -0.2) is 4.98 Å². The van der Waals surface area contributed by atoms with E-state index in [9.17, 15) is 10.1 Å². The van der Waals surface area contributed by atoms with E-state index in [-0.39, 0.29) is 11.4 Å². The highest BCUT2D eigenvalue weighted by Crippen LogP contribution is 2.31. The predicted molar refractivity (Wildman–Crippen MR) is 51.9 cm³/mol. The van der Waals surface area contributed by atoms with Crippen molar-refractivity contribution in [3.05, 3.63) is 28.1 Å². The minimum absolute atomic E-state index is 0.0652. The molecule has 0 radical (unpaired) electrons. The van der Waals surface area contributed by atoms with Gasteiger partial charge in [0.1, 0.15) is 5.69 Å². The van der Waals surface area contributed by atoms with Crippen LogP contribution >= 0.6 is 0 Å². The zero-order chi connectivity index (χ0) is 10.3. The average Bonchev–Trinajstić information content (AvgIpc) is 2.50. The van der Waals surface area contributed by atoms with Crippen LogP contribution in [0.15, 0.2) is 12.4 Å². The predicted octanol–water partition coefficient (Wildman–Crippen LogP) is 1.36. The van der Waals surface area contributed by atoms with Gasteiger partial charge in [0.2, 0.25) is 0 Å². The SMILES string of the molecule is Cc1c([N+](=O)[O-])c(N)cc2[nH]cnc12. The largest absolute Gasteiger partial charge is 0.393 e. The molecule has 0 aliphatic rings. The summed E-state index contributed by atoms with van der Waals surface area (Å²) in [4.78, 5) is 17.0. The number of rotatable bonds is 1. The molecule has 6 heteroatoms. The lowest BCUT2D eigenvalue weighted by molar-refractivity contribution is -0.384. The lowest BCUT2D eigenvalue weighted by Gasteiger charge is -2.01. The van der Waals surface area contributed by atoms with Crippen LogP contribution in [0.3, 0.4) is 0 Å². The fourth-order valence-corrected chi connectivity index (χ4v) is 1.51. The van der Waals surface area contributed by atoms with Gasteiger partial charge in [0.05, 0.1) is 27.8 Å². The Morgan fingerprint density at radius 3 is 3.00 bits per heavy atom. The zero-order valence-corrected chi connectivity index (χ0v) is 7.44. The lowest BCUT2D eigenvalue weighted by atomic mass is 10.1. The summed E-state index contributed by atoms with van der Waals surface area (Å²) in [5, 5.41) is 10.7. The van der Waals surface area contributed by atoms with Gasteiger partial charge >= 0.3 is 0 Å². The van der Waals surface area contributed by atoms with Crippen molar-refractivity contribution in [2.45, 2.75) is 6.92 Å². The van der Waals surface area contributed by atoms with E-state index < -0.39 is 4.92 Å². The molecule has 1 heterocycles. The third-order valence-electron chi connectivity index (χ3n) is 2.14. The van der Waals surface area contributed by atoms with Crippen LogP contribution in [0.5, 0.6) is 0 Å². The van der Waals surface area contributed by atoms with Gasteiger partial charge in [-0.05, 0) is 13.0 Å². The number of nitro benzene ring substituents is 1. The number of fused-ring (bicyclic) bond motifs is 1. The minimum atomic E-state index is -0.487. The molecule has 1 aromatic heterocycles. The Hall–Kier alpha value is -2.11. The normalized spacial score (nSPS) is 10.6. The molecule has 0 aliphatic carbocycles. The zero-order valence-electron chi connectivity index (χ0n) is 7.44. The van der Waals surface area contributed by atoms with Crippen LogP contribution in [0.25, 0.3) is 11.0 Å². The highest BCUT2D eigenvalue weighted by Gasteiger charge is 2.19. The second kappa shape index (κ2) is 2.69. The van der Waals surface area contributed by atoms with Gasteiger partial charge < -0.3 is 10.7 Å². The molecule has 0 saturated carbocycles. The highest BCUT2D eigenvalue weighted by atomic mass is 16.6. The van der Waals surface area contributed by atoms with E-state index in [1.807, 2.05) is 0 Å². The molecule has 0 aliphatic heterocycles. The number of aryl methyl sites for hydroxylation is 1. The first-order chi connectivity index (χ1) is 6.61. The number of benzene rings is 1. The van der Waals surface area contributed by atoms with Crippen molar-refractivity contribution in [1.29, 1.82) is 0 Å². The van der Waals surface area contributed by atoms with Gasteiger partial charge in [-0.3, -0.25) is 10.1 Å². The number of nitrogen functional groups attached to an aromatic ring is 1. The molecule has 1 aromatic carbocycles. The number of nitro groups is 1. The van der Waals surface area contributed by atoms with E-state index in [0.29, 0.717) is 16.6 Å². The second-order valence-electron chi connectivity index (χ2n) is 3.00. The Morgan fingerprint density at radius 1 is 1.64 bits per heavy atom. The Morgan fingerprint density at radius 2 is 2.36 bits per heavy atom. The van der Waals surface area contributed by atoms with Crippen LogP contribution in [0, 0.1) is 17.0 Å². The molecule has 0 atom stereocenters. The summed E-state index contributed by atoms with van der Waals surface area (Å²) in [5.74, 6) is 0. The first-order valence-electron chi connectivity index (χ1n) is 3.98. The van der Waals surface area contributed by atoms with Gasteiger partial charge in [-0.2, -0.15) is 0 Å². The molecule has 14 heavy (non-hydrogen) atoms. The average molecular weight is 192 g/mol. The van der Waals surface area contributed by atoms with Crippen LogP contribution in [0.1, 0.15) is 5.56 Å². The number of imidazole rings is 1. The van der Waals surface area contributed by atoms with Crippen LogP contribution in [-0.4, -0.2) is 14.9 Å². The number of aromatic amines is 1. The van der Waals surface area contributed by atoms with E-state index >= 15 is 0 Å². The van der Waals surface area contributed by atoms with Gasteiger partial charge in [0.15, 0.2) is 0 Å². The molecule has 3 N–H and O–H groups in total. The van der Waals surface area contributed by atoms with Crippen molar-refractivity contribution in [2.75, 3.05) is 5.73 Å². The first kappa shape index (κ1) is 8.49. The Balaban J connectivity index is 2.89. The number of H-pyrrole nitrogens is 1. The topological polar surface area (TPSA) is 97.8 Å². The van der Waals surface area contributed by atoms with Gasteiger partial charge in [0.25, 0.3) is 5.69 Å². The Kier molecular flexibility index (Phi) is 1.63. The molecule has 6 nitrogen and oxygen atoms in total. The van der Waals surface area contributed by atoms with Gasteiger partial charge in [0, 0.05) is 0 Å². The molecule has 0 fully saturated rings. The molecule has 0 spiro atoms. The first-order valence-corrected chi connectivity index (χ1v) is 3.98. The highest BCUT2D eigenvalue weighted by molar-refractivity contribution is 5.88. The number of anilines is 1. The summed E-state index contributed by atoms with van der Waals surface area (Å²) in [6.45, 7) is 1.64. The molecule has 2 aromatic rings. The molecular weight excluding hydrogens is 184 g/mol. The quantitative estimate of drug-likeness (QED) is 0.405. The van der Waals surface area contributed by atoms with Crippen molar-refractivity contribution in [2.24, 2.45) is 0 Å². The van der Waals surface area contributed by atoms with E-state index in [4.69, 9.17) is 5.73 Å². The van der Waals surface area contributed by atoms with Gasteiger partial charge in [-0.1, -0.05) is 0 Å². The van der Waals surface area contributed by atoms with E-state index in [1.165, 1.54) is 12.4 Å². The smallest absolute Gasteiger partial charge is 0.297 e. The third-order valence-corrected chi connectivity index (χ3v) is 2.14. The van der Waals surface area contributed by atoms with Crippen molar-refractivity contribution in [3.63, 3.8) is 0 Å². The van der Waals surface area contributed by atoms with Crippen molar-refractivity contribution in [3.8, 4) is 0 Å². The number of nitrogens with one attached hydrogen (secondary N) is 1. The van der Waals surface area contributed by atoms with Crippen LogP contribution < -0.4 is 5.73 Å². The second-order valence-corrected chi connectivity index (χ2v) is 3.00. The van der Waals surface area contributed by atoms with E-state index in [2.05, 4.69) is 9.97 Å². The lowest BCUT2D eigenvalue weighted by Crippen LogP contribution is -1.98. The van der Waals surface area contributed by atoms with Crippen LogP contribution in [-0.2, 0) is 0 Å². The van der Waals surface area contributed by atoms with Crippen LogP contribution in [0.2, 0.25) is 0 Å². The number of aromatic nitrogens is 2. The van der Waals surface area contributed by atoms with Crippen LogP contribution in [0.4, 0.5) is 11.4 Å². The van der Waals surface area contributed by atoms with Crippen molar-refractivity contribution in [1.82, 2.24) is 9.97 Å². The molecule has 0 unspecified atom stereocenters. The standard InChI is InChI=1S/C8H8N4O2/c1-4-7-6(10-3-11-7)2-5(9)8(4)12(13)14/h2-3H,9H2,1H3,(H,10,11). The summed E-state index contributed by atoms with van der Waals surface area (Å²) in [7, 11) is 0. The Labute approximate surface area is 78.9 Å². The maximum absolute atomic E-state index is 10.7. The van der Waals surface area contributed by atoms with Crippen molar-refractivity contribution < 1.29 is 4.92 Å². The number of nitrogens with zero attached hydrogens (tertiary/aromatic N) is 2. The molecule has 0 amide bonds. The molecule has 2 rings (SSSR count). The molecule has 72 valence electrons. The molecular formula is C8H8N4O2. The summed E-state index contributed by atoms with van der Waals surface area (Å²) in [6, 6.07) is 1.52. The monoisotopic (exact) mass is 192 g/mol. The maximum atomic E-state index is 10.7. The molecule has 0 saturated heterocycles. The summed E-state index contributed by atoms with van der Waals surface area (Å²) >= 11 is 0. The maximum Gasteiger partial charge on any atom is 0.297 e. The summed E-state index contributed by atoms with van der Waals surface area (Å²) < 4.78 is 0. The summed E-state index contributed by atoms with van der Waals surface area (Å²) in [5.41, 5.74) is 7.44. The Bertz CT molecular complexity index is 517. The van der Waals surface area contributed by atoms with E-state index in [0.717, 1.165) is 0 Å². The number of nitrogens with two attached hydrogens (primary N) is 1. The van der Waals surface area contributed by atoms with E-state index in [1.54, 1.807) is 6.92 Å².